The van der Waals surface area contributed by atoms with Crippen LogP contribution in [0.1, 0.15) is 6.92 Å². The highest BCUT2D eigenvalue weighted by Crippen LogP contribution is 2.48. The van der Waals surface area contributed by atoms with Gasteiger partial charge in [0.2, 0.25) is 5.91 Å². The van der Waals surface area contributed by atoms with Crippen molar-refractivity contribution in [2.45, 2.75) is 6.92 Å². The first-order valence-corrected chi connectivity index (χ1v) is 7.50. The minimum absolute atomic E-state index is 0.0361. The minimum Gasteiger partial charge on any atom is -0.453 e. The van der Waals surface area contributed by atoms with Crippen LogP contribution in [-0.2, 0) is 4.79 Å². The molecule has 0 spiro atoms. The van der Waals surface area contributed by atoms with Gasteiger partial charge < -0.3 is 14.5 Å². The average Bonchev–Trinajstić information content (AvgIpc) is 2.50. The summed E-state index contributed by atoms with van der Waals surface area (Å²) < 4.78 is 6.09. The van der Waals surface area contributed by atoms with Gasteiger partial charge in [-0.2, -0.15) is 0 Å². The van der Waals surface area contributed by atoms with Crippen molar-refractivity contribution in [1.29, 1.82) is 0 Å². The zero-order valence-corrected chi connectivity index (χ0v) is 14.1. The van der Waals surface area contributed by atoms with E-state index in [9.17, 15) is 4.79 Å². The Morgan fingerprint density at radius 3 is 1.65 bits per heavy atom. The molecule has 1 aliphatic heterocycles. The first-order chi connectivity index (χ1) is 10.9. The highest BCUT2D eigenvalue weighted by molar-refractivity contribution is 6.03. The fourth-order valence-corrected chi connectivity index (χ4v) is 2.68. The molecule has 5 heteroatoms. The van der Waals surface area contributed by atoms with Crippen LogP contribution in [0.15, 0.2) is 36.4 Å². The topological polar surface area (TPSA) is 36.0 Å². The molecule has 0 bridgehead atoms. The lowest BCUT2D eigenvalue weighted by Gasteiger charge is -2.32. The summed E-state index contributed by atoms with van der Waals surface area (Å²) in [6.07, 6.45) is 0. The third kappa shape index (κ3) is 2.59. The van der Waals surface area contributed by atoms with E-state index in [0.717, 1.165) is 22.7 Å². The van der Waals surface area contributed by atoms with E-state index in [1.807, 2.05) is 74.4 Å². The lowest BCUT2D eigenvalue weighted by atomic mass is 10.1. The smallest absolute Gasteiger partial charge is 0.228 e. The highest BCUT2D eigenvalue weighted by Gasteiger charge is 2.28. The molecule has 0 saturated carbocycles. The molecule has 120 valence electrons. The Kier molecular flexibility index (Phi) is 3.64. The summed E-state index contributed by atoms with van der Waals surface area (Å²) in [7, 11) is 7.91. The predicted molar refractivity (Wildman–Crippen MR) is 94.4 cm³/mol. The molecule has 23 heavy (non-hydrogen) atoms. The monoisotopic (exact) mass is 311 g/mol. The summed E-state index contributed by atoms with van der Waals surface area (Å²) in [5, 5.41) is 0. The summed E-state index contributed by atoms with van der Waals surface area (Å²) in [6.45, 7) is 1.57. The second-order valence-electron chi connectivity index (χ2n) is 6.05. The van der Waals surface area contributed by atoms with Gasteiger partial charge in [-0.25, -0.2) is 0 Å². The van der Waals surface area contributed by atoms with E-state index in [4.69, 9.17) is 4.74 Å². The van der Waals surface area contributed by atoms with Gasteiger partial charge in [-0.3, -0.25) is 9.69 Å². The lowest BCUT2D eigenvalue weighted by molar-refractivity contribution is -0.115. The van der Waals surface area contributed by atoms with Gasteiger partial charge in [-0.05, 0) is 24.3 Å². The number of carbonyl (C=O) groups excluding carboxylic acids is 1. The van der Waals surface area contributed by atoms with Crippen LogP contribution in [0.4, 0.5) is 22.7 Å². The van der Waals surface area contributed by atoms with Crippen LogP contribution in [-0.4, -0.2) is 34.1 Å². The average molecular weight is 311 g/mol. The molecule has 0 saturated heterocycles. The number of hydrogen-bond acceptors (Lipinski definition) is 4. The maximum absolute atomic E-state index is 12.2. The number of rotatable bonds is 2. The van der Waals surface area contributed by atoms with Crippen molar-refractivity contribution in [3.63, 3.8) is 0 Å². The number of nitrogens with zero attached hydrogens (tertiary/aromatic N) is 3. The maximum atomic E-state index is 12.2. The first kappa shape index (κ1) is 15.2. The van der Waals surface area contributed by atoms with Crippen molar-refractivity contribution in [1.82, 2.24) is 0 Å². The second kappa shape index (κ2) is 5.50. The largest absolute Gasteiger partial charge is 0.453 e. The fourth-order valence-electron chi connectivity index (χ4n) is 2.68. The van der Waals surface area contributed by atoms with Crippen molar-refractivity contribution < 1.29 is 9.53 Å². The molecule has 0 unspecified atom stereocenters. The van der Waals surface area contributed by atoms with E-state index in [1.54, 1.807) is 11.8 Å². The van der Waals surface area contributed by atoms with Crippen molar-refractivity contribution in [3.8, 4) is 11.5 Å². The zero-order chi connectivity index (χ0) is 16.7. The van der Waals surface area contributed by atoms with E-state index >= 15 is 0 Å². The molecule has 1 aliphatic rings. The van der Waals surface area contributed by atoms with Gasteiger partial charge in [0.25, 0.3) is 0 Å². The van der Waals surface area contributed by atoms with Gasteiger partial charge in [0.1, 0.15) is 0 Å². The SMILES string of the molecule is CC(=O)N1c2ccc(N(C)C)cc2Oc2cc(N(C)C)ccc21. The van der Waals surface area contributed by atoms with Crippen LogP contribution in [0, 0.1) is 0 Å². The Bertz CT molecular complexity index is 711. The molecule has 1 amide bonds. The van der Waals surface area contributed by atoms with Crippen LogP contribution < -0.4 is 19.4 Å². The number of hydrogen-bond donors (Lipinski definition) is 0. The number of anilines is 4. The molecular formula is C18H21N3O2. The number of benzene rings is 2. The fraction of sp³-hybridized carbons (Fsp3) is 0.278. The van der Waals surface area contributed by atoms with Gasteiger partial charge >= 0.3 is 0 Å². The summed E-state index contributed by atoms with van der Waals surface area (Å²) in [6, 6.07) is 11.7. The molecular weight excluding hydrogens is 290 g/mol. The number of fused-ring (bicyclic) bond motifs is 2. The highest BCUT2D eigenvalue weighted by atomic mass is 16.5. The minimum atomic E-state index is -0.0361. The Balaban J connectivity index is 2.15. The molecule has 0 aliphatic carbocycles. The van der Waals surface area contributed by atoms with Crippen molar-refractivity contribution >= 4 is 28.7 Å². The van der Waals surface area contributed by atoms with Gasteiger partial charge in [0.15, 0.2) is 11.5 Å². The normalized spacial score (nSPS) is 12.1. The first-order valence-electron chi connectivity index (χ1n) is 7.50. The molecule has 3 rings (SSSR count). The van der Waals surface area contributed by atoms with Gasteiger partial charge in [0.05, 0.1) is 11.4 Å². The number of ether oxygens (including phenoxy) is 1. The van der Waals surface area contributed by atoms with E-state index in [2.05, 4.69) is 0 Å². The molecule has 2 aromatic rings. The molecule has 0 radical (unpaired) electrons. The Morgan fingerprint density at radius 1 is 0.870 bits per heavy atom. The van der Waals surface area contributed by atoms with E-state index < -0.39 is 0 Å². The molecule has 5 nitrogen and oxygen atoms in total. The second-order valence-corrected chi connectivity index (χ2v) is 6.05. The Labute approximate surface area is 136 Å². The van der Waals surface area contributed by atoms with E-state index in [0.29, 0.717) is 11.5 Å². The van der Waals surface area contributed by atoms with Crippen molar-refractivity contribution in [3.05, 3.63) is 36.4 Å². The van der Waals surface area contributed by atoms with Crippen LogP contribution in [0.3, 0.4) is 0 Å². The van der Waals surface area contributed by atoms with Gasteiger partial charge in [-0.1, -0.05) is 0 Å². The van der Waals surface area contributed by atoms with Gasteiger partial charge in [-0.15, -0.1) is 0 Å². The molecule has 0 fully saturated rings. The predicted octanol–water partition coefficient (Wildman–Crippen LogP) is 3.61. The van der Waals surface area contributed by atoms with Crippen LogP contribution >= 0.6 is 0 Å². The Morgan fingerprint density at radius 2 is 1.30 bits per heavy atom. The molecule has 1 heterocycles. The van der Waals surface area contributed by atoms with Crippen LogP contribution in [0.5, 0.6) is 11.5 Å². The summed E-state index contributed by atoms with van der Waals surface area (Å²) in [5.74, 6) is 1.34. The third-order valence-corrected chi connectivity index (χ3v) is 3.94. The van der Waals surface area contributed by atoms with E-state index in [-0.39, 0.29) is 5.91 Å². The third-order valence-electron chi connectivity index (χ3n) is 3.94. The zero-order valence-electron chi connectivity index (χ0n) is 14.1. The standard InChI is InChI=1S/C18H21N3O2/c1-12(22)21-15-8-6-13(19(2)3)10-17(15)23-18-11-14(20(4)5)7-9-16(18)21/h6-11H,1-5H3. The van der Waals surface area contributed by atoms with Crippen molar-refractivity contribution in [2.75, 3.05) is 42.9 Å². The van der Waals surface area contributed by atoms with Gasteiger partial charge in [0, 0.05) is 58.6 Å². The quantitative estimate of drug-likeness (QED) is 0.849. The molecule has 0 N–H and O–H groups in total. The van der Waals surface area contributed by atoms with E-state index in [1.165, 1.54) is 0 Å². The summed E-state index contributed by atoms with van der Waals surface area (Å²) >= 11 is 0. The number of amides is 1. The van der Waals surface area contributed by atoms with Crippen LogP contribution in [0.25, 0.3) is 0 Å². The molecule has 2 aromatic carbocycles. The lowest BCUT2D eigenvalue weighted by Crippen LogP contribution is -2.26. The summed E-state index contributed by atoms with van der Waals surface area (Å²) in [4.78, 5) is 17.9. The maximum Gasteiger partial charge on any atom is 0.228 e. The number of carbonyl (C=O) groups is 1. The Hall–Kier alpha value is -2.69. The molecule has 0 atom stereocenters. The molecule has 0 aromatic heterocycles. The van der Waals surface area contributed by atoms with Crippen LogP contribution in [0.2, 0.25) is 0 Å². The van der Waals surface area contributed by atoms with Crippen molar-refractivity contribution in [2.24, 2.45) is 0 Å². The summed E-state index contributed by atoms with van der Waals surface area (Å²) in [5.41, 5.74) is 3.60.